The summed E-state index contributed by atoms with van der Waals surface area (Å²) in [6.45, 7) is 2.94. The van der Waals surface area contributed by atoms with Crippen molar-refractivity contribution in [2.75, 3.05) is 11.9 Å². The number of benzene rings is 1. The molecular formula is C12H15ClN2O2. The minimum Gasteiger partial charge on any atom is -0.379 e. The first-order valence-electron chi connectivity index (χ1n) is 5.74. The maximum Gasteiger partial charge on any atom is 0.292 e. The molecule has 0 heterocycles. The summed E-state index contributed by atoms with van der Waals surface area (Å²) in [7, 11) is 0. The van der Waals surface area contributed by atoms with Crippen molar-refractivity contribution in [1.82, 2.24) is 0 Å². The van der Waals surface area contributed by atoms with Crippen LogP contribution < -0.4 is 5.32 Å². The van der Waals surface area contributed by atoms with Gasteiger partial charge in [0.1, 0.15) is 5.69 Å². The van der Waals surface area contributed by atoms with Gasteiger partial charge in [0.15, 0.2) is 0 Å². The van der Waals surface area contributed by atoms with E-state index < -0.39 is 0 Å². The average molecular weight is 255 g/mol. The second-order valence-corrected chi connectivity index (χ2v) is 5.06. The number of rotatable bonds is 5. The molecule has 1 aromatic rings. The first-order valence-corrected chi connectivity index (χ1v) is 6.12. The topological polar surface area (TPSA) is 55.2 Å². The highest BCUT2D eigenvalue weighted by Crippen LogP contribution is 2.48. The summed E-state index contributed by atoms with van der Waals surface area (Å²) in [5.74, 6) is 0. The van der Waals surface area contributed by atoms with E-state index >= 15 is 0 Å². The monoisotopic (exact) mass is 254 g/mol. The van der Waals surface area contributed by atoms with Gasteiger partial charge in [-0.2, -0.15) is 0 Å². The Bertz CT molecular complexity index is 444. The van der Waals surface area contributed by atoms with Gasteiger partial charge in [-0.05, 0) is 36.8 Å². The molecule has 0 spiro atoms. The van der Waals surface area contributed by atoms with Gasteiger partial charge in [-0.1, -0.05) is 18.5 Å². The number of hydrogen-bond acceptors (Lipinski definition) is 3. The fraction of sp³-hybridized carbons (Fsp3) is 0.500. The summed E-state index contributed by atoms with van der Waals surface area (Å²) in [4.78, 5) is 10.5. The predicted molar refractivity (Wildman–Crippen MR) is 68.6 cm³/mol. The fourth-order valence-corrected chi connectivity index (χ4v) is 2.10. The number of hydrogen-bond donors (Lipinski definition) is 1. The van der Waals surface area contributed by atoms with E-state index in [0.29, 0.717) is 16.1 Å². The van der Waals surface area contributed by atoms with Crippen LogP contribution in [0.4, 0.5) is 11.4 Å². The lowest BCUT2D eigenvalue weighted by atomic mass is 10.0. The molecule has 1 fully saturated rings. The van der Waals surface area contributed by atoms with Crippen molar-refractivity contribution in [3.63, 3.8) is 0 Å². The summed E-state index contributed by atoms with van der Waals surface area (Å²) in [6, 6.07) is 4.60. The number of nitrogens with zero attached hydrogens (tertiary/aromatic N) is 1. The lowest BCUT2D eigenvalue weighted by molar-refractivity contribution is -0.384. The van der Waals surface area contributed by atoms with Gasteiger partial charge >= 0.3 is 0 Å². The molecule has 4 nitrogen and oxygen atoms in total. The van der Waals surface area contributed by atoms with Gasteiger partial charge in [-0.25, -0.2) is 0 Å². The van der Waals surface area contributed by atoms with Gasteiger partial charge in [0.25, 0.3) is 5.69 Å². The fourth-order valence-electron chi connectivity index (χ4n) is 1.92. The van der Waals surface area contributed by atoms with Crippen LogP contribution in [0.5, 0.6) is 0 Å². The molecule has 0 radical (unpaired) electrons. The Morgan fingerprint density at radius 2 is 2.24 bits per heavy atom. The SMILES string of the molecule is CCC1(CNc2cc(Cl)ccc2[N+](=O)[O-])CC1. The average Bonchev–Trinajstić information content (AvgIpc) is 3.07. The van der Waals surface area contributed by atoms with Gasteiger partial charge in [-0.15, -0.1) is 0 Å². The lowest BCUT2D eigenvalue weighted by Crippen LogP contribution is -2.15. The predicted octanol–water partition coefficient (Wildman–Crippen LogP) is 3.85. The third-order valence-electron chi connectivity index (χ3n) is 3.52. The minimum absolute atomic E-state index is 0.0845. The van der Waals surface area contributed by atoms with Crippen LogP contribution in [0.15, 0.2) is 18.2 Å². The Morgan fingerprint density at radius 3 is 2.76 bits per heavy atom. The van der Waals surface area contributed by atoms with Crippen LogP contribution in [0.3, 0.4) is 0 Å². The molecule has 0 amide bonds. The van der Waals surface area contributed by atoms with E-state index in [-0.39, 0.29) is 10.6 Å². The van der Waals surface area contributed by atoms with E-state index in [1.807, 2.05) is 0 Å². The molecule has 0 unspecified atom stereocenters. The lowest BCUT2D eigenvalue weighted by Gasteiger charge is -2.14. The van der Waals surface area contributed by atoms with Crippen molar-refractivity contribution in [2.45, 2.75) is 26.2 Å². The van der Waals surface area contributed by atoms with Crippen LogP contribution in [0.1, 0.15) is 26.2 Å². The van der Waals surface area contributed by atoms with Crippen LogP contribution in [-0.4, -0.2) is 11.5 Å². The van der Waals surface area contributed by atoms with Crippen LogP contribution >= 0.6 is 11.6 Å². The van der Waals surface area contributed by atoms with Crippen molar-refractivity contribution in [1.29, 1.82) is 0 Å². The van der Waals surface area contributed by atoms with E-state index in [1.54, 1.807) is 6.07 Å². The Morgan fingerprint density at radius 1 is 1.53 bits per heavy atom. The minimum atomic E-state index is -0.385. The maximum absolute atomic E-state index is 10.9. The Labute approximate surface area is 105 Å². The highest BCUT2D eigenvalue weighted by atomic mass is 35.5. The highest BCUT2D eigenvalue weighted by molar-refractivity contribution is 6.31. The second-order valence-electron chi connectivity index (χ2n) is 4.63. The van der Waals surface area contributed by atoms with Gasteiger partial charge in [0.2, 0.25) is 0 Å². The van der Waals surface area contributed by atoms with Gasteiger partial charge < -0.3 is 5.32 Å². The number of anilines is 1. The molecule has 1 aliphatic carbocycles. The molecule has 0 atom stereocenters. The normalized spacial score (nSPS) is 16.6. The molecule has 1 aromatic carbocycles. The maximum atomic E-state index is 10.9. The first-order chi connectivity index (χ1) is 8.06. The number of nitrogens with one attached hydrogen (secondary N) is 1. The van der Waals surface area contributed by atoms with Crippen LogP contribution in [0.2, 0.25) is 5.02 Å². The van der Waals surface area contributed by atoms with Crippen molar-refractivity contribution >= 4 is 23.0 Å². The van der Waals surface area contributed by atoms with E-state index in [1.165, 1.54) is 25.0 Å². The van der Waals surface area contributed by atoms with Crippen molar-refractivity contribution in [3.05, 3.63) is 33.3 Å². The third-order valence-corrected chi connectivity index (χ3v) is 3.75. The Balaban J connectivity index is 2.13. The largest absolute Gasteiger partial charge is 0.379 e. The molecule has 1 saturated carbocycles. The molecule has 2 rings (SSSR count). The zero-order chi connectivity index (χ0) is 12.5. The molecule has 1 aliphatic rings. The van der Waals surface area contributed by atoms with Crippen LogP contribution in [0, 0.1) is 15.5 Å². The zero-order valence-corrected chi connectivity index (χ0v) is 10.5. The van der Waals surface area contributed by atoms with E-state index in [9.17, 15) is 10.1 Å². The summed E-state index contributed by atoms with van der Waals surface area (Å²) >= 11 is 5.86. The number of nitro benzene ring substituents is 1. The Hall–Kier alpha value is -1.29. The summed E-state index contributed by atoms with van der Waals surface area (Å²) < 4.78 is 0. The zero-order valence-electron chi connectivity index (χ0n) is 9.70. The van der Waals surface area contributed by atoms with Gasteiger partial charge in [-0.3, -0.25) is 10.1 Å². The molecular weight excluding hydrogens is 240 g/mol. The molecule has 1 N–H and O–H groups in total. The Kier molecular flexibility index (Phi) is 3.24. The van der Waals surface area contributed by atoms with E-state index in [4.69, 9.17) is 11.6 Å². The molecule has 5 heteroatoms. The second kappa shape index (κ2) is 4.53. The van der Waals surface area contributed by atoms with Crippen LogP contribution in [-0.2, 0) is 0 Å². The van der Waals surface area contributed by atoms with E-state index in [2.05, 4.69) is 12.2 Å². The van der Waals surface area contributed by atoms with Gasteiger partial charge in [0.05, 0.1) is 4.92 Å². The molecule has 0 aromatic heterocycles. The summed E-state index contributed by atoms with van der Waals surface area (Å²) in [5, 5.41) is 14.5. The van der Waals surface area contributed by atoms with Crippen molar-refractivity contribution < 1.29 is 4.92 Å². The molecule has 17 heavy (non-hydrogen) atoms. The third kappa shape index (κ3) is 2.69. The number of halogens is 1. The van der Waals surface area contributed by atoms with Crippen LogP contribution in [0.25, 0.3) is 0 Å². The standard InChI is InChI=1S/C12H15ClN2O2/c1-2-12(5-6-12)8-14-10-7-9(13)3-4-11(10)15(16)17/h3-4,7,14H,2,5-6,8H2,1H3. The summed E-state index contributed by atoms with van der Waals surface area (Å²) in [5.41, 5.74) is 0.944. The molecule has 0 aliphatic heterocycles. The van der Waals surface area contributed by atoms with Crippen molar-refractivity contribution in [3.8, 4) is 0 Å². The van der Waals surface area contributed by atoms with E-state index in [0.717, 1.165) is 13.0 Å². The summed E-state index contributed by atoms with van der Waals surface area (Å²) in [6.07, 6.45) is 3.50. The molecule has 0 bridgehead atoms. The van der Waals surface area contributed by atoms with Gasteiger partial charge in [0, 0.05) is 17.6 Å². The quantitative estimate of drug-likeness (QED) is 0.641. The molecule has 0 saturated heterocycles. The number of nitro groups is 1. The molecule has 92 valence electrons. The highest BCUT2D eigenvalue weighted by Gasteiger charge is 2.40. The van der Waals surface area contributed by atoms with Crippen molar-refractivity contribution in [2.24, 2.45) is 5.41 Å². The smallest absolute Gasteiger partial charge is 0.292 e. The first kappa shape index (κ1) is 12.2.